The van der Waals surface area contributed by atoms with Gasteiger partial charge in [0.1, 0.15) is 5.69 Å². The predicted octanol–water partition coefficient (Wildman–Crippen LogP) is 3.64. The van der Waals surface area contributed by atoms with Crippen molar-refractivity contribution < 1.29 is 15.1 Å². The molecule has 0 bridgehead atoms. The van der Waals surface area contributed by atoms with Gasteiger partial charge in [0.25, 0.3) is 0 Å². The summed E-state index contributed by atoms with van der Waals surface area (Å²) in [6, 6.07) is 20.8. The van der Waals surface area contributed by atoms with Crippen molar-refractivity contribution in [3.63, 3.8) is 0 Å². The van der Waals surface area contributed by atoms with Gasteiger partial charge in [0.15, 0.2) is 5.84 Å². The highest BCUT2D eigenvalue weighted by Crippen LogP contribution is 2.26. The van der Waals surface area contributed by atoms with Gasteiger partial charge in [-0.3, -0.25) is 0 Å². The Balaban J connectivity index is 1.93. The summed E-state index contributed by atoms with van der Waals surface area (Å²) < 4.78 is 1.74. The number of aromatic carboxylic acids is 1. The van der Waals surface area contributed by atoms with Crippen LogP contribution in [0.3, 0.4) is 0 Å². The van der Waals surface area contributed by atoms with Gasteiger partial charge in [-0.2, -0.15) is 0 Å². The number of hydrogen-bond acceptors (Lipinski definition) is 3. The standard InChI is InChI=1S/C21H17N3O3/c22-20(23-27)15-9-8-14-10-19(21(25)26)24(18(14)11-15)12-16-6-3-5-13-4-1-2-7-17(13)16/h1-11,27H,12H2,(H2,22,23)(H,25,26). The molecule has 0 atom stereocenters. The molecular weight excluding hydrogens is 342 g/mol. The maximum absolute atomic E-state index is 11.8. The fourth-order valence-electron chi connectivity index (χ4n) is 3.42. The van der Waals surface area contributed by atoms with Crippen LogP contribution in [-0.4, -0.2) is 26.7 Å². The minimum Gasteiger partial charge on any atom is -0.477 e. The highest BCUT2D eigenvalue weighted by atomic mass is 16.4. The van der Waals surface area contributed by atoms with Crippen LogP contribution in [0, 0.1) is 0 Å². The van der Waals surface area contributed by atoms with Crippen molar-refractivity contribution in [3.8, 4) is 0 Å². The molecule has 0 radical (unpaired) electrons. The number of aromatic nitrogens is 1. The quantitative estimate of drug-likeness (QED) is 0.224. The molecule has 6 nitrogen and oxygen atoms in total. The lowest BCUT2D eigenvalue weighted by atomic mass is 10.0. The molecule has 0 spiro atoms. The Bertz CT molecular complexity index is 1200. The zero-order valence-electron chi connectivity index (χ0n) is 14.3. The van der Waals surface area contributed by atoms with Crippen LogP contribution < -0.4 is 5.73 Å². The Morgan fingerprint density at radius 3 is 2.56 bits per heavy atom. The zero-order valence-corrected chi connectivity index (χ0v) is 14.3. The molecule has 134 valence electrons. The van der Waals surface area contributed by atoms with Gasteiger partial charge in [0, 0.05) is 23.0 Å². The molecule has 4 aromatic rings. The third-order valence-electron chi connectivity index (χ3n) is 4.74. The summed E-state index contributed by atoms with van der Waals surface area (Å²) in [6.45, 7) is 0.395. The molecule has 4 N–H and O–H groups in total. The number of carbonyl (C=O) groups is 1. The van der Waals surface area contributed by atoms with Gasteiger partial charge in [0.05, 0.1) is 0 Å². The molecule has 0 aliphatic heterocycles. The van der Waals surface area contributed by atoms with Gasteiger partial charge in [-0.15, -0.1) is 0 Å². The predicted molar refractivity (Wildman–Crippen MR) is 104 cm³/mol. The van der Waals surface area contributed by atoms with Crippen LogP contribution in [0.1, 0.15) is 21.6 Å². The van der Waals surface area contributed by atoms with E-state index in [0.29, 0.717) is 17.6 Å². The smallest absolute Gasteiger partial charge is 0.352 e. The van der Waals surface area contributed by atoms with Gasteiger partial charge in [-0.05, 0) is 28.5 Å². The van der Waals surface area contributed by atoms with Crippen LogP contribution in [0.15, 0.2) is 71.9 Å². The zero-order chi connectivity index (χ0) is 19.0. The number of nitrogens with two attached hydrogens (primary N) is 1. The number of benzene rings is 3. The molecule has 0 amide bonds. The van der Waals surface area contributed by atoms with Crippen molar-refractivity contribution in [2.45, 2.75) is 6.54 Å². The van der Waals surface area contributed by atoms with Crippen LogP contribution in [0.5, 0.6) is 0 Å². The summed E-state index contributed by atoms with van der Waals surface area (Å²) in [7, 11) is 0. The van der Waals surface area contributed by atoms with Gasteiger partial charge < -0.3 is 20.6 Å². The molecule has 4 rings (SSSR count). The number of carboxylic acids is 1. The maximum Gasteiger partial charge on any atom is 0.352 e. The Labute approximate surface area is 154 Å². The summed E-state index contributed by atoms with van der Waals surface area (Å²) >= 11 is 0. The molecule has 1 heterocycles. The van der Waals surface area contributed by atoms with E-state index in [0.717, 1.165) is 21.7 Å². The van der Waals surface area contributed by atoms with E-state index < -0.39 is 5.97 Å². The number of rotatable bonds is 4. The fourth-order valence-corrected chi connectivity index (χ4v) is 3.42. The van der Waals surface area contributed by atoms with Crippen LogP contribution in [0.2, 0.25) is 0 Å². The van der Waals surface area contributed by atoms with Crippen LogP contribution in [0.4, 0.5) is 0 Å². The Hall–Kier alpha value is -3.80. The fraction of sp³-hybridized carbons (Fsp3) is 0.0476. The molecule has 0 fully saturated rings. The van der Waals surface area contributed by atoms with Crippen molar-refractivity contribution in [2.75, 3.05) is 0 Å². The lowest BCUT2D eigenvalue weighted by Gasteiger charge is -2.12. The van der Waals surface area contributed by atoms with E-state index >= 15 is 0 Å². The second-order valence-electron chi connectivity index (χ2n) is 6.32. The van der Waals surface area contributed by atoms with E-state index in [9.17, 15) is 9.90 Å². The molecule has 0 aliphatic rings. The molecule has 0 saturated carbocycles. The van der Waals surface area contributed by atoms with Crippen LogP contribution >= 0.6 is 0 Å². The molecule has 3 aromatic carbocycles. The third-order valence-corrected chi connectivity index (χ3v) is 4.74. The SMILES string of the molecule is N/C(=N\O)c1ccc2cc(C(=O)O)n(Cc3cccc4ccccc34)c2c1. The normalized spacial score (nSPS) is 11.9. The van der Waals surface area contributed by atoms with Crippen molar-refractivity contribution in [1.29, 1.82) is 0 Å². The average Bonchev–Trinajstić information content (AvgIpc) is 3.05. The first kappa shape index (κ1) is 16.7. The second-order valence-corrected chi connectivity index (χ2v) is 6.32. The number of amidine groups is 1. The van der Waals surface area contributed by atoms with Gasteiger partial charge in [-0.25, -0.2) is 4.79 Å². The minimum absolute atomic E-state index is 0.0216. The van der Waals surface area contributed by atoms with Gasteiger partial charge in [-0.1, -0.05) is 59.8 Å². The van der Waals surface area contributed by atoms with Crippen molar-refractivity contribution in [3.05, 3.63) is 83.6 Å². The second kappa shape index (κ2) is 6.49. The number of nitrogens with zero attached hydrogens (tertiary/aromatic N) is 2. The summed E-state index contributed by atoms with van der Waals surface area (Å²) in [5.41, 5.74) is 8.15. The minimum atomic E-state index is -1.00. The first-order valence-corrected chi connectivity index (χ1v) is 8.39. The maximum atomic E-state index is 11.8. The molecule has 0 unspecified atom stereocenters. The van der Waals surface area contributed by atoms with Crippen LogP contribution in [-0.2, 0) is 6.54 Å². The van der Waals surface area contributed by atoms with E-state index in [1.807, 2.05) is 42.5 Å². The summed E-state index contributed by atoms with van der Waals surface area (Å²) in [4.78, 5) is 11.8. The van der Waals surface area contributed by atoms with E-state index in [-0.39, 0.29) is 11.5 Å². The molecule has 27 heavy (non-hydrogen) atoms. The van der Waals surface area contributed by atoms with Gasteiger partial charge in [0.2, 0.25) is 0 Å². The number of hydrogen-bond donors (Lipinski definition) is 3. The summed E-state index contributed by atoms with van der Waals surface area (Å²) in [5, 5.41) is 24.6. The molecule has 6 heteroatoms. The largest absolute Gasteiger partial charge is 0.477 e. The summed E-state index contributed by atoms with van der Waals surface area (Å²) in [5.74, 6) is -1.02. The Morgan fingerprint density at radius 1 is 1.00 bits per heavy atom. The molecule has 0 aliphatic carbocycles. The molecular formula is C21H17N3O3. The highest BCUT2D eigenvalue weighted by molar-refractivity contribution is 6.02. The lowest BCUT2D eigenvalue weighted by molar-refractivity contribution is 0.0686. The summed E-state index contributed by atoms with van der Waals surface area (Å²) in [6.07, 6.45) is 0. The van der Waals surface area contributed by atoms with E-state index in [4.69, 9.17) is 10.9 Å². The monoisotopic (exact) mass is 359 g/mol. The van der Waals surface area contributed by atoms with E-state index in [1.165, 1.54) is 0 Å². The third kappa shape index (κ3) is 2.87. The first-order valence-electron chi connectivity index (χ1n) is 8.39. The molecule has 1 aromatic heterocycles. The van der Waals surface area contributed by atoms with E-state index in [1.54, 1.807) is 28.8 Å². The number of oxime groups is 1. The van der Waals surface area contributed by atoms with Crippen LogP contribution in [0.25, 0.3) is 21.7 Å². The highest BCUT2D eigenvalue weighted by Gasteiger charge is 2.16. The topological polar surface area (TPSA) is 101 Å². The van der Waals surface area contributed by atoms with Crippen molar-refractivity contribution >= 4 is 33.5 Å². The lowest BCUT2D eigenvalue weighted by Crippen LogP contribution is -2.13. The Morgan fingerprint density at radius 2 is 1.78 bits per heavy atom. The molecule has 0 saturated heterocycles. The Kier molecular flexibility index (Phi) is 4.01. The van der Waals surface area contributed by atoms with Gasteiger partial charge >= 0.3 is 5.97 Å². The average molecular weight is 359 g/mol. The van der Waals surface area contributed by atoms with Crippen molar-refractivity contribution in [1.82, 2.24) is 4.57 Å². The van der Waals surface area contributed by atoms with Crippen molar-refractivity contribution in [2.24, 2.45) is 10.9 Å². The number of fused-ring (bicyclic) bond motifs is 2. The van der Waals surface area contributed by atoms with E-state index in [2.05, 4.69) is 5.16 Å². The first-order chi connectivity index (χ1) is 13.1. The number of carboxylic acid groups (broad SMARTS) is 1.